The summed E-state index contributed by atoms with van der Waals surface area (Å²) in [4.78, 5) is 44.4. The fourth-order valence-corrected chi connectivity index (χ4v) is 3.25. The first-order valence-corrected chi connectivity index (χ1v) is 8.10. The van der Waals surface area contributed by atoms with Crippen molar-refractivity contribution >= 4 is 17.2 Å². The van der Waals surface area contributed by atoms with Crippen molar-refractivity contribution in [2.45, 2.75) is 39.8 Å². The molecule has 2 aromatic rings. The van der Waals surface area contributed by atoms with Gasteiger partial charge in [0.05, 0.1) is 16.7 Å². The Labute approximate surface area is 137 Å². The summed E-state index contributed by atoms with van der Waals surface area (Å²) in [6, 6.07) is 1.14. The van der Waals surface area contributed by atoms with E-state index in [0.717, 1.165) is 15.6 Å². The normalized spacial score (nSPS) is 12.2. The number of nitrogens with one attached hydrogen (secondary N) is 1. The van der Waals surface area contributed by atoms with Gasteiger partial charge in [0.25, 0.3) is 5.56 Å². The zero-order chi connectivity index (χ0) is 17.1. The third-order valence-corrected chi connectivity index (χ3v) is 4.67. The number of thiazole rings is 1. The summed E-state index contributed by atoms with van der Waals surface area (Å²) in [5.41, 5.74) is -0.0470. The van der Waals surface area contributed by atoms with E-state index >= 15 is 0 Å². The molecule has 0 radical (unpaired) electrons. The molecule has 8 heteroatoms. The lowest BCUT2D eigenvalue weighted by Crippen LogP contribution is -2.33. The number of aryl methyl sites for hydroxylation is 3. The van der Waals surface area contributed by atoms with Crippen LogP contribution in [0.3, 0.4) is 0 Å². The average Bonchev–Trinajstić information content (AvgIpc) is 2.83. The second-order valence-corrected chi connectivity index (χ2v) is 6.82. The molecule has 7 nitrogen and oxygen atoms in total. The van der Waals surface area contributed by atoms with Gasteiger partial charge in [0.15, 0.2) is 0 Å². The van der Waals surface area contributed by atoms with Gasteiger partial charge in [-0.2, -0.15) is 0 Å². The molecule has 1 amide bonds. The molecule has 0 unspecified atom stereocenters. The fourth-order valence-electron chi connectivity index (χ4n) is 2.34. The van der Waals surface area contributed by atoms with Gasteiger partial charge in [-0.25, -0.2) is 9.78 Å². The van der Waals surface area contributed by atoms with Gasteiger partial charge in [-0.05, 0) is 20.8 Å². The van der Waals surface area contributed by atoms with E-state index in [4.69, 9.17) is 0 Å². The van der Waals surface area contributed by atoms with Gasteiger partial charge in [0, 0.05) is 37.2 Å². The Balaban J connectivity index is 2.03. The van der Waals surface area contributed by atoms with Crippen molar-refractivity contribution in [3.8, 4) is 0 Å². The maximum Gasteiger partial charge on any atom is 0.328 e. The van der Waals surface area contributed by atoms with Gasteiger partial charge < -0.3 is 9.47 Å². The first-order chi connectivity index (χ1) is 10.8. The van der Waals surface area contributed by atoms with Gasteiger partial charge in [0.2, 0.25) is 5.91 Å². The Morgan fingerprint density at radius 2 is 2.13 bits per heavy atom. The first-order valence-electron chi connectivity index (χ1n) is 7.29. The molecule has 1 atom stereocenters. The van der Waals surface area contributed by atoms with Crippen molar-refractivity contribution in [3.63, 3.8) is 0 Å². The Morgan fingerprint density at radius 3 is 2.70 bits per heavy atom. The highest BCUT2D eigenvalue weighted by Crippen LogP contribution is 2.26. The molecule has 0 spiro atoms. The highest BCUT2D eigenvalue weighted by molar-refractivity contribution is 7.11. The van der Waals surface area contributed by atoms with Crippen LogP contribution in [0.1, 0.15) is 35.0 Å². The van der Waals surface area contributed by atoms with Crippen LogP contribution in [-0.2, 0) is 11.3 Å². The minimum atomic E-state index is -0.507. The lowest BCUT2D eigenvalue weighted by Gasteiger charge is -2.24. The van der Waals surface area contributed by atoms with Crippen LogP contribution in [-0.4, -0.2) is 32.4 Å². The topological polar surface area (TPSA) is 88.1 Å². The molecule has 0 aliphatic carbocycles. The summed E-state index contributed by atoms with van der Waals surface area (Å²) in [7, 11) is 1.73. The minimum absolute atomic E-state index is 0.0827. The maximum atomic E-state index is 12.3. The van der Waals surface area contributed by atoms with Crippen molar-refractivity contribution in [1.29, 1.82) is 0 Å². The fraction of sp³-hybridized carbons (Fsp3) is 0.467. The van der Waals surface area contributed by atoms with Gasteiger partial charge >= 0.3 is 5.69 Å². The summed E-state index contributed by atoms with van der Waals surface area (Å²) in [6.07, 6.45) is 1.57. The number of carbonyl (C=O) groups is 1. The van der Waals surface area contributed by atoms with E-state index in [1.54, 1.807) is 23.3 Å². The van der Waals surface area contributed by atoms with E-state index < -0.39 is 11.2 Å². The predicted molar refractivity (Wildman–Crippen MR) is 88.7 cm³/mol. The quantitative estimate of drug-likeness (QED) is 0.889. The smallest absolute Gasteiger partial charge is 0.328 e. The minimum Gasteiger partial charge on any atom is -0.337 e. The van der Waals surface area contributed by atoms with Crippen LogP contribution < -0.4 is 11.2 Å². The lowest BCUT2D eigenvalue weighted by atomic mass is 10.2. The molecular formula is C15H20N4O3S. The predicted octanol–water partition coefficient (Wildman–Crippen LogP) is 1.22. The van der Waals surface area contributed by atoms with Crippen molar-refractivity contribution in [2.75, 3.05) is 7.05 Å². The molecule has 2 heterocycles. The second kappa shape index (κ2) is 6.91. The summed E-state index contributed by atoms with van der Waals surface area (Å²) >= 11 is 1.61. The molecule has 23 heavy (non-hydrogen) atoms. The highest BCUT2D eigenvalue weighted by Gasteiger charge is 2.21. The highest BCUT2D eigenvalue weighted by atomic mass is 32.1. The molecule has 0 saturated carbocycles. The van der Waals surface area contributed by atoms with Crippen LogP contribution in [0.25, 0.3) is 0 Å². The molecule has 2 rings (SSSR count). The van der Waals surface area contributed by atoms with Gasteiger partial charge in [-0.15, -0.1) is 11.3 Å². The molecule has 124 valence electrons. The molecule has 0 aliphatic rings. The standard InChI is InChI=1S/C15H20N4O3S/c1-9(14-10(2)23-11(3)16-14)18(4)13(21)6-8-19-7-5-12(20)17-15(19)22/h5,7,9H,6,8H2,1-4H3,(H,17,20,22)/t9-/m0/s1. The summed E-state index contributed by atoms with van der Waals surface area (Å²) in [5.74, 6) is -0.0827. The monoisotopic (exact) mass is 336 g/mol. The molecule has 0 bridgehead atoms. The SMILES string of the molecule is Cc1nc([C@H](C)N(C)C(=O)CCn2ccc(=O)[nH]c2=O)c(C)s1. The van der Waals surface area contributed by atoms with Crippen LogP contribution in [0.5, 0.6) is 0 Å². The number of rotatable bonds is 5. The Kier molecular flexibility index (Phi) is 5.15. The molecule has 0 aliphatic heterocycles. The second-order valence-electron chi connectivity index (χ2n) is 5.41. The van der Waals surface area contributed by atoms with E-state index in [2.05, 4.69) is 9.97 Å². The lowest BCUT2D eigenvalue weighted by molar-refractivity contribution is -0.132. The third kappa shape index (κ3) is 3.95. The number of hydrogen-bond donors (Lipinski definition) is 1. The average molecular weight is 336 g/mol. The number of amides is 1. The number of hydrogen-bond acceptors (Lipinski definition) is 5. The van der Waals surface area contributed by atoms with Crippen LogP contribution >= 0.6 is 11.3 Å². The Morgan fingerprint density at radius 1 is 1.43 bits per heavy atom. The van der Waals surface area contributed by atoms with E-state index in [-0.39, 0.29) is 24.9 Å². The van der Waals surface area contributed by atoms with Crippen molar-refractivity contribution in [3.05, 3.63) is 48.7 Å². The number of carbonyl (C=O) groups excluding carboxylic acids is 1. The Hall–Kier alpha value is -2.22. The van der Waals surface area contributed by atoms with E-state index in [9.17, 15) is 14.4 Å². The van der Waals surface area contributed by atoms with E-state index in [1.165, 1.54) is 16.8 Å². The molecule has 0 fully saturated rings. The number of aromatic amines is 1. The third-order valence-electron chi connectivity index (χ3n) is 3.77. The molecule has 0 saturated heterocycles. The van der Waals surface area contributed by atoms with Crippen LogP contribution in [0.4, 0.5) is 0 Å². The maximum absolute atomic E-state index is 12.3. The van der Waals surface area contributed by atoms with Gasteiger partial charge in [-0.3, -0.25) is 14.6 Å². The molecule has 1 N–H and O–H groups in total. The van der Waals surface area contributed by atoms with E-state index in [1.807, 2.05) is 20.8 Å². The number of H-pyrrole nitrogens is 1. The number of aromatic nitrogens is 3. The largest absolute Gasteiger partial charge is 0.337 e. The zero-order valence-corrected chi connectivity index (χ0v) is 14.4. The summed E-state index contributed by atoms with van der Waals surface area (Å²) < 4.78 is 1.32. The zero-order valence-electron chi connectivity index (χ0n) is 13.6. The van der Waals surface area contributed by atoms with Crippen molar-refractivity contribution < 1.29 is 4.79 Å². The van der Waals surface area contributed by atoms with Crippen LogP contribution in [0.15, 0.2) is 21.9 Å². The van der Waals surface area contributed by atoms with Crippen LogP contribution in [0.2, 0.25) is 0 Å². The Bertz CT molecular complexity index is 821. The number of nitrogens with zero attached hydrogens (tertiary/aromatic N) is 3. The summed E-state index contributed by atoms with van der Waals surface area (Å²) in [5, 5.41) is 0.977. The van der Waals surface area contributed by atoms with E-state index in [0.29, 0.717) is 0 Å². The van der Waals surface area contributed by atoms with Crippen LogP contribution in [0, 0.1) is 13.8 Å². The molecular weight excluding hydrogens is 316 g/mol. The van der Waals surface area contributed by atoms with Gasteiger partial charge in [0.1, 0.15) is 0 Å². The summed E-state index contributed by atoms with van der Waals surface area (Å²) in [6.45, 7) is 6.10. The van der Waals surface area contributed by atoms with Crippen molar-refractivity contribution in [1.82, 2.24) is 19.4 Å². The molecule has 0 aromatic carbocycles. The molecule has 2 aromatic heterocycles. The van der Waals surface area contributed by atoms with Gasteiger partial charge in [-0.1, -0.05) is 0 Å². The van der Waals surface area contributed by atoms with Crippen molar-refractivity contribution in [2.24, 2.45) is 0 Å². The first kappa shape index (κ1) is 17.1.